The van der Waals surface area contributed by atoms with Crippen LogP contribution in [-0.2, 0) is 33.2 Å². The lowest BCUT2D eigenvalue weighted by molar-refractivity contribution is -0.372. The molecule has 7 aliphatic rings. The van der Waals surface area contributed by atoms with E-state index in [0.717, 1.165) is 63.4 Å². The van der Waals surface area contributed by atoms with Gasteiger partial charge >= 0.3 is 5.97 Å². The lowest BCUT2D eigenvalue weighted by Gasteiger charge is -2.64. The molecule has 0 aromatic heterocycles. The molecule has 0 unspecified atom stereocenters. The number of cyclic esters (lactones) is 1. The first kappa shape index (κ1) is 36.1. The van der Waals surface area contributed by atoms with E-state index in [1.54, 1.807) is 13.0 Å². The number of ether oxygens (including phenoxy) is 6. The van der Waals surface area contributed by atoms with Crippen molar-refractivity contribution in [2.45, 2.75) is 152 Å². The minimum Gasteiger partial charge on any atom is -0.458 e. The summed E-state index contributed by atoms with van der Waals surface area (Å²) in [5.74, 6) is 0.821. The number of aliphatic hydroxyl groups is 6. The largest absolute Gasteiger partial charge is 0.458 e. The Morgan fingerprint density at radius 1 is 0.857 bits per heavy atom. The summed E-state index contributed by atoms with van der Waals surface area (Å²) in [7, 11) is 1.44. The number of rotatable bonds is 7. The van der Waals surface area contributed by atoms with Crippen LogP contribution in [-0.4, -0.2) is 130 Å². The molecule has 6 N–H and O–H groups in total. The molecule has 49 heavy (non-hydrogen) atoms. The Hall–Kier alpha value is -1.23. The van der Waals surface area contributed by atoms with Crippen LogP contribution < -0.4 is 0 Å². The zero-order valence-electron chi connectivity index (χ0n) is 29.1. The summed E-state index contributed by atoms with van der Waals surface area (Å²) in [6.07, 6.45) is -2.68. The van der Waals surface area contributed by atoms with Crippen LogP contribution in [0.2, 0.25) is 0 Å². The van der Waals surface area contributed by atoms with Crippen molar-refractivity contribution >= 4 is 5.97 Å². The van der Waals surface area contributed by atoms with Gasteiger partial charge in [0.15, 0.2) is 12.6 Å². The first-order chi connectivity index (χ1) is 23.3. The average molecular weight is 697 g/mol. The molecular weight excluding hydrogens is 640 g/mol. The molecule has 3 aliphatic heterocycles. The van der Waals surface area contributed by atoms with E-state index in [9.17, 15) is 35.4 Å². The minimum absolute atomic E-state index is 0.0296. The van der Waals surface area contributed by atoms with E-state index >= 15 is 0 Å². The Labute approximate surface area is 287 Å². The van der Waals surface area contributed by atoms with Crippen LogP contribution in [0.4, 0.5) is 0 Å². The van der Waals surface area contributed by atoms with Crippen molar-refractivity contribution in [1.29, 1.82) is 0 Å². The number of hydrogen-bond acceptors (Lipinski definition) is 13. The van der Waals surface area contributed by atoms with Gasteiger partial charge in [0.2, 0.25) is 0 Å². The Bertz CT molecular complexity index is 1260. The molecule has 4 aliphatic carbocycles. The fourth-order valence-electron chi connectivity index (χ4n) is 11.5. The van der Waals surface area contributed by atoms with Gasteiger partial charge in [0.05, 0.1) is 24.4 Å². The van der Waals surface area contributed by atoms with Crippen molar-refractivity contribution in [3.63, 3.8) is 0 Å². The molecule has 3 heterocycles. The van der Waals surface area contributed by atoms with Crippen molar-refractivity contribution in [2.75, 3.05) is 20.3 Å². The van der Waals surface area contributed by atoms with Gasteiger partial charge in [0.1, 0.15) is 49.3 Å². The fraction of sp³-hybridized carbons (Fsp3) is 0.917. The van der Waals surface area contributed by atoms with Crippen molar-refractivity contribution in [2.24, 2.45) is 34.5 Å². The Morgan fingerprint density at radius 2 is 1.63 bits per heavy atom. The standard InChI is InChI=1S/C36H56O13/c1-17-26(39)30(44-4)31(49-32-29(42)28(41)27(40)24(15-37)48-32)33(46-17)47-20-7-10-34(2)19(14-20)5-6-23-22(34)8-11-35(3)21(9-12-36(23,35)43)18-13-25(38)45-16-18/h13,17,19-24,26-33,37,39-43H,5-12,14-16H2,1-4H3/t17-,19+,20-,21-,22-,23+,24+,26-,27+,28-,29+,30+,31-,32-,33+,34-,35+,36-/m0/s1. The monoisotopic (exact) mass is 696 g/mol. The van der Waals surface area contributed by atoms with Gasteiger partial charge in [-0.05, 0) is 99.4 Å². The predicted octanol–water partition coefficient (Wildman–Crippen LogP) is 0.934. The Balaban J connectivity index is 1.05. The third-order valence-electron chi connectivity index (χ3n) is 14.4. The van der Waals surface area contributed by atoms with E-state index in [0.29, 0.717) is 18.4 Å². The molecule has 7 rings (SSSR count). The molecule has 4 saturated carbocycles. The van der Waals surface area contributed by atoms with Gasteiger partial charge in [-0.15, -0.1) is 0 Å². The van der Waals surface area contributed by atoms with Crippen molar-refractivity contribution in [1.82, 2.24) is 0 Å². The van der Waals surface area contributed by atoms with Gasteiger partial charge in [-0.25, -0.2) is 4.79 Å². The van der Waals surface area contributed by atoms with Gasteiger partial charge in [-0.1, -0.05) is 13.8 Å². The molecule has 278 valence electrons. The normalized spacial score (nSPS) is 54.4. The first-order valence-electron chi connectivity index (χ1n) is 18.3. The van der Waals surface area contributed by atoms with Gasteiger partial charge < -0.3 is 59.1 Å². The van der Waals surface area contributed by atoms with E-state index in [4.69, 9.17) is 28.4 Å². The second-order valence-electron chi connectivity index (χ2n) is 16.5. The molecule has 2 saturated heterocycles. The number of aliphatic hydroxyl groups excluding tert-OH is 5. The molecule has 13 heteroatoms. The second-order valence-corrected chi connectivity index (χ2v) is 16.5. The minimum atomic E-state index is -1.63. The highest BCUT2D eigenvalue weighted by molar-refractivity contribution is 5.85. The predicted molar refractivity (Wildman–Crippen MR) is 170 cm³/mol. The molecule has 0 amide bonds. The number of carbonyl (C=O) groups excluding carboxylic acids is 1. The summed E-state index contributed by atoms with van der Waals surface area (Å²) in [4.78, 5) is 11.9. The summed E-state index contributed by atoms with van der Waals surface area (Å²) < 4.78 is 35.5. The zero-order valence-corrected chi connectivity index (χ0v) is 29.1. The number of carbonyl (C=O) groups is 1. The van der Waals surface area contributed by atoms with E-state index < -0.39 is 73.6 Å². The van der Waals surface area contributed by atoms with Gasteiger partial charge in [-0.3, -0.25) is 0 Å². The summed E-state index contributed by atoms with van der Waals surface area (Å²) in [5.41, 5.74) is -0.00574. The van der Waals surface area contributed by atoms with Crippen molar-refractivity contribution in [3.8, 4) is 0 Å². The maximum Gasteiger partial charge on any atom is 0.331 e. The SMILES string of the molecule is CO[C@@H]1[C@@H](O)[C@H](C)O[C@H](O[C@H]2CC[C@@]3(C)[C@H](CC[C@@H]4[C@@H]3CC[C@]3(C)[C@H](C5=CC(=O)OC5)CC[C@]43O)C2)[C@H]1O[C@@H]1O[C@H](CO)[C@@H](O)[C@H](O)[C@H]1O. The van der Waals surface area contributed by atoms with Crippen LogP contribution in [0.3, 0.4) is 0 Å². The highest BCUT2D eigenvalue weighted by Crippen LogP contribution is 2.70. The summed E-state index contributed by atoms with van der Waals surface area (Å²) >= 11 is 0. The number of esters is 1. The van der Waals surface area contributed by atoms with Crippen LogP contribution in [0.25, 0.3) is 0 Å². The second kappa shape index (κ2) is 13.3. The maximum atomic E-state index is 12.6. The molecular formula is C36H56O13. The molecule has 0 aromatic rings. The van der Waals surface area contributed by atoms with Crippen LogP contribution in [0.5, 0.6) is 0 Å². The molecule has 0 spiro atoms. The lowest BCUT2D eigenvalue weighted by Crippen LogP contribution is -2.65. The smallest absolute Gasteiger partial charge is 0.331 e. The first-order valence-corrected chi connectivity index (χ1v) is 18.3. The van der Waals surface area contributed by atoms with Crippen LogP contribution in [0.1, 0.15) is 78.6 Å². The highest BCUT2D eigenvalue weighted by atomic mass is 16.8. The lowest BCUT2D eigenvalue weighted by atomic mass is 9.43. The Morgan fingerprint density at radius 3 is 2.33 bits per heavy atom. The van der Waals surface area contributed by atoms with Gasteiger partial charge in [0, 0.05) is 18.6 Å². The van der Waals surface area contributed by atoms with Crippen molar-refractivity contribution in [3.05, 3.63) is 11.6 Å². The molecule has 0 aromatic carbocycles. The van der Waals surface area contributed by atoms with Crippen LogP contribution in [0, 0.1) is 34.5 Å². The zero-order chi connectivity index (χ0) is 35.0. The molecule has 0 bridgehead atoms. The number of hydrogen-bond donors (Lipinski definition) is 6. The number of fused-ring (bicyclic) bond motifs is 5. The van der Waals surface area contributed by atoms with E-state index in [-0.39, 0.29) is 34.7 Å². The molecule has 18 atom stereocenters. The van der Waals surface area contributed by atoms with E-state index in [2.05, 4.69) is 13.8 Å². The summed E-state index contributed by atoms with van der Waals surface area (Å²) in [6.45, 7) is 6.10. The van der Waals surface area contributed by atoms with Crippen molar-refractivity contribution < 1.29 is 63.9 Å². The fourth-order valence-corrected chi connectivity index (χ4v) is 11.5. The van der Waals surface area contributed by atoms with E-state index in [1.165, 1.54) is 7.11 Å². The van der Waals surface area contributed by atoms with Crippen LogP contribution in [0.15, 0.2) is 11.6 Å². The molecule has 6 fully saturated rings. The van der Waals surface area contributed by atoms with Gasteiger partial charge in [0.25, 0.3) is 0 Å². The highest BCUT2D eigenvalue weighted by Gasteiger charge is 2.68. The quantitative estimate of drug-likeness (QED) is 0.163. The summed E-state index contributed by atoms with van der Waals surface area (Å²) in [5, 5.41) is 64.5. The van der Waals surface area contributed by atoms with E-state index in [1.807, 2.05) is 0 Å². The van der Waals surface area contributed by atoms with Gasteiger partial charge in [-0.2, -0.15) is 0 Å². The molecule has 0 radical (unpaired) electrons. The maximum absolute atomic E-state index is 12.6. The molecule has 13 nitrogen and oxygen atoms in total. The Kier molecular flexibility index (Phi) is 9.82. The summed E-state index contributed by atoms with van der Waals surface area (Å²) in [6, 6.07) is 0. The topological polar surface area (TPSA) is 194 Å². The third kappa shape index (κ3) is 5.74. The average Bonchev–Trinajstić information content (AvgIpc) is 3.62. The number of methoxy groups -OCH3 is 1. The third-order valence-corrected chi connectivity index (χ3v) is 14.4. The van der Waals surface area contributed by atoms with Crippen LogP contribution >= 0.6 is 0 Å².